The van der Waals surface area contributed by atoms with Crippen molar-refractivity contribution >= 4 is 0 Å². The van der Waals surface area contributed by atoms with Crippen LogP contribution in [0.4, 0.5) is 0 Å². The van der Waals surface area contributed by atoms with Gasteiger partial charge in [-0.05, 0) is 24.0 Å². The van der Waals surface area contributed by atoms with Gasteiger partial charge in [-0.1, -0.05) is 60.7 Å². The Hall–Kier alpha value is -1.68. The molecule has 2 aromatic rings. The maximum Gasteiger partial charge on any atom is 0.0971 e. The summed E-state index contributed by atoms with van der Waals surface area (Å²) in [6.07, 6.45) is 2.10. The topological polar surface area (TPSA) is 32.7 Å². The van der Waals surface area contributed by atoms with Crippen molar-refractivity contribution in [3.05, 3.63) is 71.8 Å². The second-order valence-electron chi connectivity index (χ2n) is 6.36. The zero-order valence-corrected chi connectivity index (χ0v) is 12.6. The van der Waals surface area contributed by atoms with Crippen LogP contribution in [0, 0.1) is 5.92 Å². The van der Waals surface area contributed by atoms with Crippen LogP contribution in [0.25, 0.3) is 0 Å². The van der Waals surface area contributed by atoms with Crippen molar-refractivity contribution in [1.29, 1.82) is 0 Å². The number of benzene rings is 2. The van der Waals surface area contributed by atoms with Crippen molar-refractivity contribution in [1.82, 2.24) is 5.06 Å². The molecule has 0 unspecified atom stereocenters. The minimum Gasteiger partial charge on any atom is -0.396 e. The smallest absolute Gasteiger partial charge is 0.0971 e. The first-order valence-electron chi connectivity index (χ1n) is 7.98. The van der Waals surface area contributed by atoms with Crippen LogP contribution >= 0.6 is 0 Å². The van der Waals surface area contributed by atoms with Crippen molar-refractivity contribution < 1.29 is 9.94 Å². The molecule has 1 aliphatic heterocycles. The van der Waals surface area contributed by atoms with E-state index in [0.717, 1.165) is 19.4 Å². The Labute approximate surface area is 131 Å². The van der Waals surface area contributed by atoms with Gasteiger partial charge in [0.15, 0.2) is 0 Å². The normalized spacial score (nSPS) is 26.4. The van der Waals surface area contributed by atoms with E-state index in [9.17, 15) is 5.11 Å². The van der Waals surface area contributed by atoms with E-state index in [4.69, 9.17) is 4.84 Å². The van der Waals surface area contributed by atoms with Gasteiger partial charge in [0.2, 0.25) is 0 Å². The molecule has 0 bridgehead atoms. The zero-order valence-electron chi connectivity index (χ0n) is 12.6. The number of rotatable bonds is 4. The summed E-state index contributed by atoms with van der Waals surface area (Å²) in [5.41, 5.74) is 2.32. The van der Waals surface area contributed by atoms with E-state index in [0.29, 0.717) is 0 Å². The number of aliphatic hydroxyl groups is 1. The Bertz CT molecular complexity index is 624. The Balaban J connectivity index is 1.66. The molecule has 1 saturated heterocycles. The Kier molecular flexibility index (Phi) is 3.49. The number of aliphatic hydroxyl groups excluding tert-OH is 1. The molecule has 2 aliphatic rings. The molecule has 2 atom stereocenters. The van der Waals surface area contributed by atoms with E-state index >= 15 is 0 Å². The molecular formula is C19H21NO2. The SMILES string of the molecule is OC[C@H]1[C@H](c2ccccc2)N(Cc2ccccc2)OC12CC2. The van der Waals surface area contributed by atoms with Gasteiger partial charge in [0, 0.05) is 12.5 Å². The van der Waals surface area contributed by atoms with E-state index in [1.54, 1.807) is 0 Å². The van der Waals surface area contributed by atoms with Crippen molar-refractivity contribution in [2.45, 2.75) is 31.0 Å². The molecular weight excluding hydrogens is 274 g/mol. The Morgan fingerprint density at radius 3 is 2.23 bits per heavy atom. The molecule has 114 valence electrons. The lowest BCUT2D eigenvalue weighted by molar-refractivity contribution is -0.181. The summed E-state index contributed by atoms with van der Waals surface area (Å²) in [7, 11) is 0. The Morgan fingerprint density at radius 2 is 1.64 bits per heavy atom. The average Bonchev–Trinajstić information content (AvgIpc) is 3.26. The number of nitrogens with zero attached hydrogens (tertiary/aromatic N) is 1. The minimum atomic E-state index is -0.135. The largest absolute Gasteiger partial charge is 0.396 e. The summed E-state index contributed by atoms with van der Waals surface area (Å²) in [5.74, 6) is 0.151. The number of hydrogen-bond donors (Lipinski definition) is 1. The summed E-state index contributed by atoms with van der Waals surface area (Å²) in [6, 6.07) is 20.9. The highest BCUT2D eigenvalue weighted by Gasteiger charge is 2.61. The van der Waals surface area contributed by atoms with E-state index in [-0.39, 0.29) is 24.2 Å². The first-order valence-corrected chi connectivity index (χ1v) is 7.98. The molecule has 1 aliphatic carbocycles. The standard InChI is InChI=1S/C19H21NO2/c21-14-17-18(16-9-5-2-6-10-16)20(22-19(17)11-12-19)13-15-7-3-1-4-8-15/h1-10,17-18,21H,11-14H2/t17-,18-/m0/s1. The third-order valence-electron chi connectivity index (χ3n) is 4.93. The summed E-state index contributed by atoms with van der Waals surface area (Å²) >= 11 is 0. The molecule has 1 saturated carbocycles. The predicted octanol–water partition coefficient (Wildman–Crippen LogP) is 3.32. The van der Waals surface area contributed by atoms with Gasteiger partial charge in [0.1, 0.15) is 0 Å². The molecule has 4 rings (SSSR count). The third-order valence-corrected chi connectivity index (χ3v) is 4.93. The van der Waals surface area contributed by atoms with Crippen LogP contribution < -0.4 is 0 Å². The van der Waals surface area contributed by atoms with Crippen LogP contribution in [0.15, 0.2) is 60.7 Å². The predicted molar refractivity (Wildman–Crippen MR) is 84.8 cm³/mol. The summed E-state index contributed by atoms with van der Waals surface area (Å²) in [6.45, 7) is 0.920. The molecule has 0 aromatic heterocycles. The highest BCUT2D eigenvalue weighted by molar-refractivity contribution is 5.25. The first-order chi connectivity index (χ1) is 10.8. The number of hydroxylamine groups is 2. The highest BCUT2D eigenvalue weighted by atomic mass is 16.7. The quantitative estimate of drug-likeness (QED) is 0.939. The van der Waals surface area contributed by atoms with Crippen LogP contribution in [0.2, 0.25) is 0 Å². The Morgan fingerprint density at radius 1 is 1.00 bits per heavy atom. The molecule has 2 aromatic carbocycles. The van der Waals surface area contributed by atoms with E-state index in [1.165, 1.54) is 11.1 Å². The molecule has 0 radical (unpaired) electrons. The van der Waals surface area contributed by atoms with Gasteiger partial charge in [0.25, 0.3) is 0 Å². The molecule has 1 spiro atoms. The fraction of sp³-hybridized carbons (Fsp3) is 0.368. The van der Waals surface area contributed by atoms with E-state index < -0.39 is 0 Å². The van der Waals surface area contributed by atoms with Gasteiger partial charge >= 0.3 is 0 Å². The molecule has 3 heteroatoms. The molecule has 22 heavy (non-hydrogen) atoms. The van der Waals surface area contributed by atoms with Gasteiger partial charge in [-0.3, -0.25) is 4.84 Å². The van der Waals surface area contributed by atoms with Gasteiger partial charge in [-0.25, -0.2) is 0 Å². The van der Waals surface area contributed by atoms with Crippen LogP contribution in [0.3, 0.4) is 0 Å². The average molecular weight is 295 g/mol. The summed E-state index contributed by atoms with van der Waals surface area (Å²) < 4.78 is 0. The van der Waals surface area contributed by atoms with Crippen LogP contribution in [-0.4, -0.2) is 22.4 Å². The van der Waals surface area contributed by atoms with Crippen molar-refractivity contribution in [3.63, 3.8) is 0 Å². The highest BCUT2D eigenvalue weighted by Crippen LogP contribution is 2.58. The molecule has 3 nitrogen and oxygen atoms in total. The fourth-order valence-electron chi connectivity index (χ4n) is 3.64. The van der Waals surface area contributed by atoms with Gasteiger partial charge in [-0.15, -0.1) is 0 Å². The van der Waals surface area contributed by atoms with Crippen LogP contribution in [-0.2, 0) is 11.4 Å². The first kappa shape index (κ1) is 13.9. The minimum absolute atomic E-state index is 0.119. The lowest BCUT2D eigenvalue weighted by Gasteiger charge is -2.25. The van der Waals surface area contributed by atoms with Gasteiger partial charge in [0.05, 0.1) is 18.2 Å². The maximum atomic E-state index is 9.95. The molecule has 2 fully saturated rings. The monoisotopic (exact) mass is 295 g/mol. The van der Waals surface area contributed by atoms with Crippen molar-refractivity contribution in [3.8, 4) is 0 Å². The van der Waals surface area contributed by atoms with E-state index in [2.05, 4.69) is 53.6 Å². The maximum absolute atomic E-state index is 9.95. The zero-order chi connectivity index (χ0) is 15.0. The second kappa shape index (κ2) is 5.51. The van der Waals surface area contributed by atoms with Gasteiger partial charge < -0.3 is 5.11 Å². The lowest BCUT2D eigenvalue weighted by atomic mass is 9.88. The molecule has 0 amide bonds. The number of hydrogen-bond acceptors (Lipinski definition) is 3. The lowest BCUT2D eigenvalue weighted by Crippen LogP contribution is -2.26. The van der Waals surface area contributed by atoms with Crippen LogP contribution in [0.1, 0.15) is 30.0 Å². The van der Waals surface area contributed by atoms with Crippen LogP contribution in [0.5, 0.6) is 0 Å². The third kappa shape index (κ3) is 2.35. The summed E-state index contributed by atoms with van der Waals surface area (Å²) in [4.78, 5) is 6.31. The summed E-state index contributed by atoms with van der Waals surface area (Å²) in [5, 5.41) is 12.0. The van der Waals surface area contributed by atoms with E-state index in [1.807, 2.05) is 12.1 Å². The van der Waals surface area contributed by atoms with Crippen molar-refractivity contribution in [2.24, 2.45) is 5.92 Å². The second-order valence-corrected chi connectivity index (χ2v) is 6.36. The van der Waals surface area contributed by atoms with Gasteiger partial charge in [-0.2, -0.15) is 5.06 Å². The molecule has 1 N–H and O–H groups in total. The van der Waals surface area contributed by atoms with Crippen molar-refractivity contribution in [2.75, 3.05) is 6.61 Å². The molecule has 1 heterocycles. The fourth-order valence-corrected chi connectivity index (χ4v) is 3.64.